The number of aromatic nitrogens is 2. The third-order valence-corrected chi connectivity index (χ3v) is 3.38. The van der Waals surface area contributed by atoms with Crippen LogP contribution >= 0.6 is 11.6 Å². The summed E-state index contributed by atoms with van der Waals surface area (Å²) in [4.78, 5) is 0. The molecule has 1 aromatic heterocycles. The van der Waals surface area contributed by atoms with Gasteiger partial charge in [0.15, 0.2) is 5.15 Å². The lowest BCUT2D eigenvalue weighted by Crippen LogP contribution is -2.28. The van der Waals surface area contributed by atoms with E-state index in [1.54, 1.807) is 12.1 Å². The molecular weight excluding hydrogens is 224 g/mol. The van der Waals surface area contributed by atoms with E-state index in [-0.39, 0.29) is 6.10 Å². The van der Waals surface area contributed by atoms with E-state index in [9.17, 15) is 0 Å². The first kappa shape index (κ1) is 11.6. The van der Waals surface area contributed by atoms with Gasteiger partial charge < -0.3 is 4.74 Å². The maximum absolute atomic E-state index is 5.77. The predicted octanol–water partition coefficient (Wildman–Crippen LogP) is 3.48. The average Bonchev–Trinajstić information content (AvgIpc) is 2.24. The summed E-state index contributed by atoms with van der Waals surface area (Å²) in [7, 11) is 0. The van der Waals surface area contributed by atoms with Crippen molar-refractivity contribution < 1.29 is 4.74 Å². The van der Waals surface area contributed by atoms with E-state index in [2.05, 4.69) is 24.0 Å². The second-order valence-corrected chi connectivity index (χ2v) is 5.56. The van der Waals surface area contributed by atoms with Crippen LogP contribution in [0.2, 0.25) is 5.15 Å². The van der Waals surface area contributed by atoms with E-state index >= 15 is 0 Å². The van der Waals surface area contributed by atoms with Crippen LogP contribution in [0.1, 0.15) is 39.5 Å². The van der Waals surface area contributed by atoms with Gasteiger partial charge in [-0.3, -0.25) is 0 Å². The van der Waals surface area contributed by atoms with Crippen molar-refractivity contribution in [3.63, 3.8) is 0 Å². The minimum absolute atomic E-state index is 0.281. The van der Waals surface area contributed by atoms with Crippen molar-refractivity contribution in [2.45, 2.75) is 45.6 Å². The van der Waals surface area contributed by atoms with Crippen LogP contribution < -0.4 is 4.74 Å². The molecule has 1 aliphatic rings. The van der Waals surface area contributed by atoms with E-state index in [0.717, 1.165) is 12.8 Å². The van der Waals surface area contributed by atoms with E-state index in [4.69, 9.17) is 16.3 Å². The zero-order valence-corrected chi connectivity index (χ0v) is 10.5. The maximum atomic E-state index is 5.77. The fourth-order valence-corrected chi connectivity index (χ4v) is 2.13. The van der Waals surface area contributed by atoms with Gasteiger partial charge in [0.05, 0.1) is 0 Å². The monoisotopic (exact) mass is 240 g/mol. The highest BCUT2D eigenvalue weighted by atomic mass is 35.5. The molecule has 3 nitrogen and oxygen atoms in total. The number of halogens is 1. The topological polar surface area (TPSA) is 35.0 Å². The highest BCUT2D eigenvalue weighted by Crippen LogP contribution is 2.36. The molecule has 1 fully saturated rings. The van der Waals surface area contributed by atoms with Gasteiger partial charge in [0, 0.05) is 6.07 Å². The molecule has 0 radical (unpaired) electrons. The SMILES string of the molecule is CC1(C)CCC(Oc2ccc(Cl)nn2)CC1. The largest absolute Gasteiger partial charge is 0.473 e. The Morgan fingerprint density at radius 2 is 1.94 bits per heavy atom. The fourth-order valence-electron chi connectivity index (χ4n) is 2.03. The number of nitrogens with zero attached hydrogens (tertiary/aromatic N) is 2. The minimum atomic E-state index is 0.281. The van der Waals surface area contributed by atoms with E-state index < -0.39 is 0 Å². The molecule has 0 amide bonds. The summed E-state index contributed by atoms with van der Waals surface area (Å²) in [6, 6.07) is 3.48. The molecule has 0 saturated heterocycles. The Hall–Kier alpha value is -0.830. The van der Waals surface area contributed by atoms with E-state index in [1.807, 2.05) is 0 Å². The van der Waals surface area contributed by atoms with Gasteiger partial charge in [-0.2, -0.15) is 0 Å². The summed E-state index contributed by atoms with van der Waals surface area (Å²) in [6.07, 6.45) is 4.88. The van der Waals surface area contributed by atoms with Crippen LogP contribution in [0.25, 0.3) is 0 Å². The molecule has 1 heterocycles. The molecule has 0 bridgehead atoms. The molecule has 0 aromatic carbocycles. The fraction of sp³-hybridized carbons (Fsp3) is 0.667. The quantitative estimate of drug-likeness (QED) is 0.794. The molecule has 16 heavy (non-hydrogen) atoms. The van der Waals surface area contributed by atoms with Crippen molar-refractivity contribution in [3.05, 3.63) is 17.3 Å². The van der Waals surface area contributed by atoms with Gasteiger partial charge in [-0.15, -0.1) is 10.2 Å². The van der Waals surface area contributed by atoms with Crippen LogP contribution in [0.4, 0.5) is 0 Å². The Morgan fingerprint density at radius 3 is 2.50 bits per heavy atom. The van der Waals surface area contributed by atoms with Crippen LogP contribution in [0.3, 0.4) is 0 Å². The van der Waals surface area contributed by atoms with Crippen molar-refractivity contribution in [1.82, 2.24) is 10.2 Å². The molecule has 0 spiro atoms. The first-order chi connectivity index (χ1) is 7.55. The molecule has 4 heteroatoms. The zero-order chi connectivity index (χ0) is 11.6. The third kappa shape index (κ3) is 3.08. The van der Waals surface area contributed by atoms with Crippen LogP contribution in [-0.4, -0.2) is 16.3 Å². The Kier molecular flexibility index (Phi) is 3.33. The maximum Gasteiger partial charge on any atom is 0.233 e. The van der Waals surface area contributed by atoms with Gasteiger partial charge in [0.2, 0.25) is 5.88 Å². The van der Waals surface area contributed by atoms with Gasteiger partial charge >= 0.3 is 0 Å². The lowest BCUT2D eigenvalue weighted by molar-refractivity contribution is 0.0940. The summed E-state index contributed by atoms with van der Waals surface area (Å²) in [5.41, 5.74) is 0.464. The molecular formula is C12H17ClN2O. The van der Waals surface area contributed by atoms with Gasteiger partial charge in [0.1, 0.15) is 6.10 Å². The molecule has 0 atom stereocenters. The van der Waals surface area contributed by atoms with Gasteiger partial charge in [-0.05, 0) is 37.2 Å². The van der Waals surface area contributed by atoms with Crippen LogP contribution in [-0.2, 0) is 0 Å². The van der Waals surface area contributed by atoms with Crippen molar-refractivity contribution in [3.8, 4) is 5.88 Å². The molecule has 1 saturated carbocycles. The second kappa shape index (κ2) is 4.58. The zero-order valence-electron chi connectivity index (χ0n) is 9.74. The minimum Gasteiger partial charge on any atom is -0.473 e. The standard InChI is InChI=1S/C12H17ClN2O/c1-12(2)7-5-9(6-8-12)16-11-4-3-10(13)14-15-11/h3-4,9H,5-8H2,1-2H3. The van der Waals surface area contributed by atoms with Crippen molar-refractivity contribution in [2.24, 2.45) is 5.41 Å². The summed E-state index contributed by atoms with van der Waals surface area (Å²) in [5.74, 6) is 0.578. The lowest BCUT2D eigenvalue weighted by atomic mass is 9.76. The first-order valence-electron chi connectivity index (χ1n) is 5.71. The highest BCUT2D eigenvalue weighted by Gasteiger charge is 2.27. The highest BCUT2D eigenvalue weighted by molar-refractivity contribution is 6.29. The van der Waals surface area contributed by atoms with Crippen LogP contribution in [0.15, 0.2) is 12.1 Å². The Bertz CT molecular complexity index is 341. The number of hydrogen-bond donors (Lipinski definition) is 0. The number of rotatable bonds is 2. The second-order valence-electron chi connectivity index (χ2n) is 5.18. The number of hydrogen-bond acceptors (Lipinski definition) is 3. The van der Waals surface area contributed by atoms with E-state index in [0.29, 0.717) is 16.4 Å². The normalized spacial score (nSPS) is 20.7. The van der Waals surface area contributed by atoms with Crippen molar-refractivity contribution in [2.75, 3.05) is 0 Å². The molecule has 1 aliphatic carbocycles. The molecule has 0 N–H and O–H groups in total. The molecule has 88 valence electrons. The molecule has 0 unspecified atom stereocenters. The molecule has 2 rings (SSSR count). The molecule has 0 aliphatic heterocycles. The average molecular weight is 241 g/mol. The smallest absolute Gasteiger partial charge is 0.233 e. The number of ether oxygens (including phenoxy) is 1. The van der Waals surface area contributed by atoms with Crippen molar-refractivity contribution in [1.29, 1.82) is 0 Å². The Morgan fingerprint density at radius 1 is 1.25 bits per heavy atom. The molecule has 1 aromatic rings. The Balaban J connectivity index is 1.89. The van der Waals surface area contributed by atoms with Gasteiger partial charge in [-0.1, -0.05) is 25.4 Å². The summed E-state index contributed by atoms with van der Waals surface area (Å²) >= 11 is 5.66. The van der Waals surface area contributed by atoms with Crippen molar-refractivity contribution >= 4 is 11.6 Å². The Labute approximate surface area is 101 Å². The van der Waals surface area contributed by atoms with Crippen LogP contribution in [0, 0.1) is 5.41 Å². The van der Waals surface area contributed by atoms with Gasteiger partial charge in [0.25, 0.3) is 0 Å². The summed E-state index contributed by atoms with van der Waals surface area (Å²) in [6.45, 7) is 4.62. The van der Waals surface area contributed by atoms with Gasteiger partial charge in [-0.25, -0.2) is 0 Å². The lowest BCUT2D eigenvalue weighted by Gasteiger charge is -2.33. The summed E-state index contributed by atoms with van der Waals surface area (Å²) in [5, 5.41) is 8.07. The van der Waals surface area contributed by atoms with E-state index in [1.165, 1.54) is 12.8 Å². The summed E-state index contributed by atoms with van der Waals surface area (Å²) < 4.78 is 5.77. The third-order valence-electron chi connectivity index (χ3n) is 3.18. The first-order valence-corrected chi connectivity index (χ1v) is 6.09. The predicted molar refractivity (Wildman–Crippen MR) is 63.7 cm³/mol. The van der Waals surface area contributed by atoms with Crippen LogP contribution in [0.5, 0.6) is 5.88 Å².